The molecule has 0 aliphatic heterocycles. The smallest absolute Gasteiger partial charge is 0.0391 e. The van der Waals surface area contributed by atoms with Crippen molar-refractivity contribution in [3.05, 3.63) is 0 Å². The fourth-order valence-electron chi connectivity index (χ4n) is 2.74. The summed E-state index contributed by atoms with van der Waals surface area (Å²) in [6.45, 7) is 7.23. The Kier molecular flexibility index (Phi) is 4.11. The Morgan fingerprint density at radius 3 is 2.42 bits per heavy atom. The van der Waals surface area contributed by atoms with Gasteiger partial charge in [0, 0.05) is 0 Å². The van der Waals surface area contributed by atoms with Crippen molar-refractivity contribution in [1.29, 1.82) is 0 Å². The summed E-state index contributed by atoms with van der Waals surface area (Å²) in [5, 5.41) is 0. The van der Waals surface area contributed by atoms with Crippen LogP contribution in [0, 0.1) is 17.8 Å². The van der Waals surface area contributed by atoms with Crippen molar-refractivity contribution in [2.24, 2.45) is 17.8 Å². The number of hydrogen-bond acceptors (Lipinski definition) is 0. The second-order valence-electron chi connectivity index (χ2n) is 4.77. The third-order valence-electron chi connectivity index (χ3n) is 3.63. The maximum Gasteiger partial charge on any atom is -0.0391 e. The van der Waals surface area contributed by atoms with Crippen LogP contribution in [0.2, 0.25) is 0 Å². The minimum Gasteiger partial charge on any atom is -0.0651 e. The van der Waals surface area contributed by atoms with Crippen LogP contribution in [0.15, 0.2) is 0 Å². The molecule has 1 rings (SSSR count). The van der Waals surface area contributed by atoms with Gasteiger partial charge >= 0.3 is 0 Å². The van der Waals surface area contributed by atoms with Crippen LogP contribution in [0.1, 0.15) is 59.3 Å². The minimum atomic E-state index is 0.977. The predicted octanol–water partition coefficient (Wildman–Crippen LogP) is 4.25. The van der Waals surface area contributed by atoms with E-state index in [1.165, 1.54) is 38.5 Å². The second kappa shape index (κ2) is 4.89. The van der Waals surface area contributed by atoms with Gasteiger partial charge in [0.15, 0.2) is 0 Å². The van der Waals surface area contributed by atoms with Crippen LogP contribution < -0.4 is 0 Å². The summed E-state index contributed by atoms with van der Waals surface area (Å²) in [5.41, 5.74) is 0. The third-order valence-corrected chi connectivity index (χ3v) is 3.63. The summed E-state index contributed by atoms with van der Waals surface area (Å²) >= 11 is 0. The molecule has 72 valence electrons. The lowest BCUT2D eigenvalue weighted by Gasteiger charge is -2.28. The molecule has 0 radical (unpaired) electrons. The first-order chi connectivity index (χ1) is 5.74. The first-order valence-corrected chi connectivity index (χ1v) is 5.74. The van der Waals surface area contributed by atoms with Gasteiger partial charge in [0.2, 0.25) is 0 Å². The summed E-state index contributed by atoms with van der Waals surface area (Å²) in [6, 6.07) is 0. The van der Waals surface area contributed by atoms with Crippen molar-refractivity contribution in [2.45, 2.75) is 59.3 Å². The summed E-state index contributed by atoms with van der Waals surface area (Å²) in [6.07, 6.45) is 8.79. The van der Waals surface area contributed by atoms with Gasteiger partial charge in [0.1, 0.15) is 0 Å². The lowest BCUT2D eigenvalue weighted by Crippen LogP contribution is -2.16. The highest BCUT2D eigenvalue weighted by atomic mass is 14.3. The Labute approximate surface area is 77.7 Å². The van der Waals surface area contributed by atoms with E-state index < -0.39 is 0 Å². The zero-order valence-corrected chi connectivity index (χ0v) is 8.97. The molecule has 1 aliphatic rings. The van der Waals surface area contributed by atoms with Crippen LogP contribution in [0.4, 0.5) is 0 Å². The van der Waals surface area contributed by atoms with Crippen molar-refractivity contribution in [1.82, 2.24) is 0 Å². The van der Waals surface area contributed by atoms with E-state index in [1.54, 1.807) is 0 Å². The monoisotopic (exact) mass is 168 g/mol. The fourth-order valence-corrected chi connectivity index (χ4v) is 2.74. The van der Waals surface area contributed by atoms with Gasteiger partial charge in [-0.1, -0.05) is 52.9 Å². The Balaban J connectivity index is 2.42. The van der Waals surface area contributed by atoms with Gasteiger partial charge in [-0.2, -0.15) is 0 Å². The van der Waals surface area contributed by atoms with Crippen molar-refractivity contribution in [3.63, 3.8) is 0 Å². The van der Waals surface area contributed by atoms with Crippen molar-refractivity contribution >= 4 is 0 Å². The van der Waals surface area contributed by atoms with E-state index >= 15 is 0 Å². The molecule has 12 heavy (non-hydrogen) atoms. The molecule has 0 amide bonds. The lowest BCUT2D eigenvalue weighted by atomic mass is 9.78. The van der Waals surface area contributed by atoms with Crippen LogP contribution in [0.5, 0.6) is 0 Å². The first-order valence-electron chi connectivity index (χ1n) is 5.74. The van der Waals surface area contributed by atoms with Gasteiger partial charge in [-0.05, 0) is 24.2 Å². The highest BCUT2D eigenvalue weighted by molar-refractivity contribution is 4.71. The molecule has 3 atom stereocenters. The largest absolute Gasteiger partial charge is 0.0651 e. The van der Waals surface area contributed by atoms with Crippen LogP contribution in [-0.4, -0.2) is 0 Å². The van der Waals surface area contributed by atoms with Gasteiger partial charge in [0.05, 0.1) is 0 Å². The molecule has 0 nitrogen and oxygen atoms in total. The van der Waals surface area contributed by atoms with Crippen molar-refractivity contribution < 1.29 is 0 Å². The summed E-state index contributed by atoms with van der Waals surface area (Å²) < 4.78 is 0. The van der Waals surface area contributed by atoms with Crippen molar-refractivity contribution in [2.75, 3.05) is 0 Å². The van der Waals surface area contributed by atoms with E-state index in [-0.39, 0.29) is 0 Å². The fraction of sp³-hybridized carbons (Fsp3) is 1.00. The molecular weight excluding hydrogens is 144 g/mol. The van der Waals surface area contributed by atoms with E-state index in [4.69, 9.17) is 0 Å². The van der Waals surface area contributed by atoms with E-state index in [2.05, 4.69) is 20.8 Å². The molecule has 0 saturated heterocycles. The topological polar surface area (TPSA) is 0 Å². The molecule has 0 N–H and O–H groups in total. The molecule has 0 heteroatoms. The van der Waals surface area contributed by atoms with Crippen LogP contribution >= 0.6 is 0 Å². The molecule has 1 saturated carbocycles. The Morgan fingerprint density at radius 2 is 1.75 bits per heavy atom. The maximum atomic E-state index is 2.45. The Bertz CT molecular complexity index is 117. The van der Waals surface area contributed by atoms with Gasteiger partial charge < -0.3 is 0 Å². The standard InChI is InChI=1S/C12H24/c1-4-12-8-6-5-7-10(2)9-11(12)3/h10-12H,4-9H2,1-3H3. The SMILES string of the molecule is CCC1CCCCC(C)CC1C. The first kappa shape index (κ1) is 10.1. The number of rotatable bonds is 1. The summed E-state index contributed by atoms with van der Waals surface area (Å²) in [7, 11) is 0. The highest BCUT2D eigenvalue weighted by Gasteiger charge is 2.19. The Morgan fingerprint density at radius 1 is 1.08 bits per heavy atom. The molecule has 3 unspecified atom stereocenters. The Hall–Kier alpha value is 0. The molecular formula is C12H24. The molecule has 0 heterocycles. The van der Waals surface area contributed by atoms with Crippen molar-refractivity contribution in [3.8, 4) is 0 Å². The minimum absolute atomic E-state index is 0.977. The zero-order chi connectivity index (χ0) is 8.97. The van der Waals surface area contributed by atoms with Crippen LogP contribution in [-0.2, 0) is 0 Å². The highest BCUT2D eigenvalue weighted by Crippen LogP contribution is 2.32. The third kappa shape index (κ3) is 2.80. The summed E-state index contributed by atoms with van der Waals surface area (Å²) in [4.78, 5) is 0. The van der Waals surface area contributed by atoms with E-state index in [0.717, 1.165) is 17.8 Å². The van der Waals surface area contributed by atoms with Gasteiger partial charge in [-0.3, -0.25) is 0 Å². The molecule has 1 aliphatic carbocycles. The van der Waals surface area contributed by atoms with E-state index in [0.29, 0.717) is 0 Å². The quantitative estimate of drug-likeness (QED) is 0.549. The zero-order valence-electron chi connectivity index (χ0n) is 8.97. The molecule has 0 spiro atoms. The molecule has 0 aromatic carbocycles. The van der Waals surface area contributed by atoms with Gasteiger partial charge in [-0.25, -0.2) is 0 Å². The normalized spacial score (nSPS) is 38.8. The van der Waals surface area contributed by atoms with Crippen LogP contribution in [0.25, 0.3) is 0 Å². The molecule has 1 fully saturated rings. The van der Waals surface area contributed by atoms with Crippen LogP contribution in [0.3, 0.4) is 0 Å². The molecule has 0 aromatic heterocycles. The maximum absolute atomic E-state index is 2.45. The van der Waals surface area contributed by atoms with Gasteiger partial charge in [-0.15, -0.1) is 0 Å². The molecule has 0 bridgehead atoms. The second-order valence-corrected chi connectivity index (χ2v) is 4.77. The lowest BCUT2D eigenvalue weighted by molar-refractivity contribution is 0.235. The predicted molar refractivity (Wildman–Crippen MR) is 55.2 cm³/mol. The average molecular weight is 168 g/mol. The average Bonchev–Trinajstić information content (AvgIpc) is 2.01. The molecule has 0 aromatic rings. The summed E-state index contributed by atoms with van der Waals surface area (Å²) in [5.74, 6) is 2.98. The van der Waals surface area contributed by atoms with E-state index in [1.807, 2.05) is 0 Å². The van der Waals surface area contributed by atoms with E-state index in [9.17, 15) is 0 Å². The van der Waals surface area contributed by atoms with Gasteiger partial charge in [0.25, 0.3) is 0 Å². The number of hydrogen-bond donors (Lipinski definition) is 0.